The van der Waals surface area contributed by atoms with E-state index < -0.39 is 0 Å². The second-order valence-electron chi connectivity index (χ2n) is 5.84. The van der Waals surface area contributed by atoms with E-state index in [1.807, 2.05) is 6.07 Å². The molecule has 0 radical (unpaired) electrons. The number of hydrogen-bond donors (Lipinski definition) is 1. The van der Waals surface area contributed by atoms with Crippen LogP contribution >= 0.6 is 0 Å². The van der Waals surface area contributed by atoms with Crippen LogP contribution in [0.1, 0.15) is 63.0 Å². The molecule has 0 amide bonds. The van der Waals surface area contributed by atoms with E-state index in [1.54, 1.807) is 7.11 Å². The molecule has 0 aliphatic heterocycles. The van der Waals surface area contributed by atoms with Crippen molar-refractivity contribution in [3.63, 3.8) is 0 Å². The Morgan fingerprint density at radius 3 is 2.95 bits per heavy atom. The van der Waals surface area contributed by atoms with Gasteiger partial charge in [0.1, 0.15) is 0 Å². The summed E-state index contributed by atoms with van der Waals surface area (Å²) in [4.78, 5) is 0. The number of allylic oxidation sites excluding steroid dienone is 2. The summed E-state index contributed by atoms with van der Waals surface area (Å²) < 4.78 is 5.26. The van der Waals surface area contributed by atoms with Crippen LogP contribution in [0, 0.1) is 0 Å². The van der Waals surface area contributed by atoms with Crippen molar-refractivity contribution in [2.75, 3.05) is 7.11 Å². The molecule has 0 spiro atoms. The zero-order chi connectivity index (χ0) is 14.5. The highest BCUT2D eigenvalue weighted by atomic mass is 16.5. The summed E-state index contributed by atoms with van der Waals surface area (Å²) >= 11 is 0. The highest BCUT2D eigenvalue weighted by Crippen LogP contribution is 2.40. The molecule has 1 aliphatic rings. The molecule has 1 atom stereocenters. The molecule has 1 N–H and O–H groups in total. The summed E-state index contributed by atoms with van der Waals surface area (Å²) in [6.07, 6.45) is 9.43. The van der Waals surface area contributed by atoms with E-state index in [9.17, 15) is 5.11 Å². The van der Waals surface area contributed by atoms with Crippen molar-refractivity contribution < 1.29 is 9.84 Å². The average molecular weight is 274 g/mol. The SMILES string of the molecule is C/C=C(\C)CCCC1CCCc2cc(O)c(OC)cc21. The van der Waals surface area contributed by atoms with Crippen molar-refractivity contribution in [3.8, 4) is 11.5 Å². The first kappa shape index (κ1) is 15.0. The maximum Gasteiger partial charge on any atom is 0.160 e. The number of aryl methyl sites for hydroxylation is 1. The standard InChI is InChI=1S/C18H26O2/c1-4-13(2)7-5-8-14-9-6-10-15-11-17(19)18(20-3)12-16(14)15/h4,11-12,14,19H,5-10H2,1-3H3/b13-4+. The maximum atomic E-state index is 9.90. The molecule has 0 saturated heterocycles. The molecule has 2 rings (SSSR count). The summed E-state index contributed by atoms with van der Waals surface area (Å²) in [5.74, 6) is 1.51. The number of benzene rings is 1. The Morgan fingerprint density at radius 2 is 2.25 bits per heavy atom. The molecule has 0 heterocycles. The average Bonchev–Trinajstić information content (AvgIpc) is 2.46. The van der Waals surface area contributed by atoms with Crippen molar-refractivity contribution in [2.45, 2.75) is 58.3 Å². The van der Waals surface area contributed by atoms with Gasteiger partial charge in [0.15, 0.2) is 11.5 Å². The minimum absolute atomic E-state index is 0.275. The van der Waals surface area contributed by atoms with Crippen LogP contribution in [0.3, 0.4) is 0 Å². The molecule has 0 bridgehead atoms. The molecule has 2 nitrogen and oxygen atoms in total. The van der Waals surface area contributed by atoms with Crippen LogP contribution in [0.15, 0.2) is 23.8 Å². The number of methoxy groups -OCH3 is 1. The summed E-state index contributed by atoms with van der Waals surface area (Å²) in [7, 11) is 1.62. The number of phenolic OH excluding ortho intramolecular Hbond substituents is 1. The Labute approximate surface area is 122 Å². The van der Waals surface area contributed by atoms with Gasteiger partial charge in [0.2, 0.25) is 0 Å². The fourth-order valence-electron chi connectivity index (χ4n) is 3.15. The number of rotatable bonds is 5. The lowest BCUT2D eigenvalue weighted by Gasteiger charge is -2.26. The molecule has 1 aromatic rings. The van der Waals surface area contributed by atoms with Gasteiger partial charge in [0, 0.05) is 0 Å². The lowest BCUT2D eigenvalue weighted by Crippen LogP contribution is -2.10. The van der Waals surface area contributed by atoms with E-state index in [0.717, 1.165) is 6.42 Å². The van der Waals surface area contributed by atoms with Gasteiger partial charge in [-0.3, -0.25) is 0 Å². The first-order valence-corrected chi connectivity index (χ1v) is 7.67. The van der Waals surface area contributed by atoms with Crippen LogP contribution in [0.2, 0.25) is 0 Å². The maximum absolute atomic E-state index is 9.90. The van der Waals surface area contributed by atoms with Gasteiger partial charge in [-0.05, 0) is 81.5 Å². The molecular weight excluding hydrogens is 248 g/mol. The Bertz CT molecular complexity index is 488. The normalized spacial score (nSPS) is 18.8. The van der Waals surface area contributed by atoms with E-state index in [0.29, 0.717) is 11.7 Å². The van der Waals surface area contributed by atoms with Crippen LogP contribution in [0.5, 0.6) is 11.5 Å². The predicted molar refractivity (Wildman–Crippen MR) is 83.6 cm³/mol. The predicted octanol–water partition coefficient (Wildman–Crippen LogP) is 4.96. The summed E-state index contributed by atoms with van der Waals surface area (Å²) in [5, 5.41) is 9.90. The largest absolute Gasteiger partial charge is 0.504 e. The van der Waals surface area contributed by atoms with Gasteiger partial charge in [0.25, 0.3) is 0 Å². The molecule has 1 aromatic carbocycles. The van der Waals surface area contributed by atoms with Gasteiger partial charge >= 0.3 is 0 Å². The Morgan fingerprint density at radius 1 is 1.45 bits per heavy atom. The third-order valence-electron chi connectivity index (χ3n) is 4.50. The van der Waals surface area contributed by atoms with Crippen molar-refractivity contribution in [1.29, 1.82) is 0 Å². The Balaban J connectivity index is 2.11. The summed E-state index contributed by atoms with van der Waals surface area (Å²) in [6.45, 7) is 4.31. The van der Waals surface area contributed by atoms with Gasteiger partial charge in [-0.2, -0.15) is 0 Å². The highest BCUT2D eigenvalue weighted by Gasteiger charge is 2.22. The van der Waals surface area contributed by atoms with Gasteiger partial charge in [-0.15, -0.1) is 0 Å². The van der Waals surface area contributed by atoms with E-state index >= 15 is 0 Å². The fraction of sp³-hybridized carbons (Fsp3) is 0.556. The van der Waals surface area contributed by atoms with E-state index in [4.69, 9.17) is 4.74 Å². The smallest absolute Gasteiger partial charge is 0.160 e. The van der Waals surface area contributed by atoms with E-state index in [-0.39, 0.29) is 5.75 Å². The van der Waals surface area contributed by atoms with Crippen molar-refractivity contribution in [3.05, 3.63) is 34.9 Å². The first-order valence-electron chi connectivity index (χ1n) is 7.67. The minimum Gasteiger partial charge on any atom is -0.504 e. The molecule has 0 fully saturated rings. The number of aromatic hydroxyl groups is 1. The van der Waals surface area contributed by atoms with E-state index in [1.165, 1.54) is 48.8 Å². The minimum atomic E-state index is 0.275. The lowest BCUT2D eigenvalue weighted by molar-refractivity contribution is 0.370. The van der Waals surface area contributed by atoms with Crippen molar-refractivity contribution in [1.82, 2.24) is 0 Å². The van der Waals surface area contributed by atoms with Crippen molar-refractivity contribution in [2.24, 2.45) is 0 Å². The number of hydrogen-bond acceptors (Lipinski definition) is 2. The molecule has 0 saturated carbocycles. The quantitative estimate of drug-likeness (QED) is 0.769. The second-order valence-corrected chi connectivity index (χ2v) is 5.84. The lowest BCUT2D eigenvalue weighted by atomic mass is 9.80. The number of fused-ring (bicyclic) bond motifs is 1. The molecular formula is C18H26O2. The number of ether oxygens (including phenoxy) is 1. The van der Waals surface area contributed by atoms with Crippen LogP contribution in [0.4, 0.5) is 0 Å². The summed E-state index contributed by atoms with van der Waals surface area (Å²) in [6, 6.07) is 3.95. The van der Waals surface area contributed by atoms with E-state index in [2.05, 4.69) is 26.0 Å². The topological polar surface area (TPSA) is 29.5 Å². The van der Waals surface area contributed by atoms with Crippen LogP contribution in [0.25, 0.3) is 0 Å². The molecule has 2 heteroatoms. The zero-order valence-corrected chi connectivity index (χ0v) is 12.9. The van der Waals surface area contributed by atoms with Crippen molar-refractivity contribution >= 4 is 0 Å². The van der Waals surface area contributed by atoms with Gasteiger partial charge < -0.3 is 9.84 Å². The molecule has 110 valence electrons. The first-order chi connectivity index (χ1) is 9.65. The van der Waals surface area contributed by atoms with Crippen LogP contribution in [-0.2, 0) is 6.42 Å². The van der Waals surface area contributed by atoms with Gasteiger partial charge in [0.05, 0.1) is 7.11 Å². The molecule has 1 unspecified atom stereocenters. The monoisotopic (exact) mass is 274 g/mol. The fourth-order valence-corrected chi connectivity index (χ4v) is 3.15. The second kappa shape index (κ2) is 6.83. The zero-order valence-electron chi connectivity index (χ0n) is 12.9. The Kier molecular flexibility index (Phi) is 5.11. The van der Waals surface area contributed by atoms with Gasteiger partial charge in [-0.1, -0.05) is 11.6 Å². The number of phenols is 1. The molecule has 0 aromatic heterocycles. The molecule has 1 aliphatic carbocycles. The highest BCUT2D eigenvalue weighted by molar-refractivity contribution is 5.48. The van der Waals surface area contributed by atoms with Crippen LogP contribution in [-0.4, -0.2) is 12.2 Å². The molecule has 20 heavy (non-hydrogen) atoms. The third-order valence-corrected chi connectivity index (χ3v) is 4.50. The third kappa shape index (κ3) is 3.36. The summed E-state index contributed by atoms with van der Waals surface area (Å²) in [5.41, 5.74) is 4.18. The van der Waals surface area contributed by atoms with Gasteiger partial charge in [-0.25, -0.2) is 0 Å². The Hall–Kier alpha value is -1.44. The van der Waals surface area contributed by atoms with Crippen LogP contribution < -0.4 is 4.74 Å².